The van der Waals surface area contributed by atoms with Gasteiger partial charge in [-0.1, -0.05) is 67.2 Å². The number of fused-ring (bicyclic) bond motifs is 2. The predicted molar refractivity (Wildman–Crippen MR) is 189 cm³/mol. The largest absolute Gasteiger partial charge is 0.451 e. The number of ketones is 1. The molecule has 2 amide bonds. The summed E-state index contributed by atoms with van der Waals surface area (Å²) in [5, 5.41) is 1.43. The van der Waals surface area contributed by atoms with Crippen LogP contribution in [0.4, 0.5) is 5.69 Å². The van der Waals surface area contributed by atoms with Gasteiger partial charge in [0.1, 0.15) is 0 Å². The van der Waals surface area contributed by atoms with E-state index in [0.29, 0.717) is 66.3 Å². The van der Waals surface area contributed by atoms with Gasteiger partial charge < -0.3 is 4.74 Å². The number of rotatable bonds is 6. The second kappa shape index (κ2) is 13.1. The number of amides is 2. The smallest absolute Gasteiger partial charge is 0.339 e. The summed E-state index contributed by atoms with van der Waals surface area (Å²) in [5.41, 5.74) is 3.26. The molecular formula is C34H25Br3Cl2N2O5. The zero-order valence-electron chi connectivity index (χ0n) is 24.4. The maximum Gasteiger partial charge on any atom is 0.339 e. The Morgan fingerprint density at radius 3 is 2.11 bits per heavy atom. The molecule has 2 heterocycles. The minimum atomic E-state index is -1.07. The topological polar surface area (TPSA) is 93.6 Å². The molecule has 0 spiro atoms. The van der Waals surface area contributed by atoms with Crippen LogP contribution in [0.25, 0.3) is 22.2 Å². The first kappa shape index (κ1) is 33.3. The van der Waals surface area contributed by atoms with Gasteiger partial charge in [0.25, 0.3) is 0 Å². The van der Waals surface area contributed by atoms with Gasteiger partial charge in [0.05, 0.1) is 39.3 Å². The first-order valence-electron chi connectivity index (χ1n) is 14.4. The Labute approximate surface area is 300 Å². The summed E-state index contributed by atoms with van der Waals surface area (Å²) in [6, 6.07) is 16.6. The number of esters is 1. The molecule has 5 atom stereocenters. The maximum absolute atomic E-state index is 13.7. The van der Waals surface area contributed by atoms with E-state index >= 15 is 0 Å². The second-order valence-electron chi connectivity index (χ2n) is 11.4. The van der Waals surface area contributed by atoms with Gasteiger partial charge in [-0.2, -0.15) is 0 Å². The van der Waals surface area contributed by atoms with Crippen molar-refractivity contribution in [2.24, 2.45) is 11.8 Å². The first-order valence-corrected chi connectivity index (χ1v) is 17.8. The van der Waals surface area contributed by atoms with Crippen molar-refractivity contribution in [2.45, 2.75) is 42.4 Å². The number of benzene rings is 3. The Morgan fingerprint density at radius 1 is 0.935 bits per heavy atom. The number of anilines is 1. The quantitative estimate of drug-likeness (QED) is 0.0832. The molecule has 1 aliphatic heterocycles. The molecule has 2 fully saturated rings. The lowest BCUT2D eigenvalue weighted by Gasteiger charge is -2.29. The van der Waals surface area contributed by atoms with Crippen molar-refractivity contribution in [3.8, 4) is 11.3 Å². The molecule has 2 aliphatic rings. The fraction of sp³-hybridized carbons (Fsp3) is 0.265. The number of hydrogen-bond donors (Lipinski definition) is 0. The summed E-state index contributed by atoms with van der Waals surface area (Å²) in [5.74, 6) is -2.19. The molecule has 0 N–H and O–H groups in total. The number of hydrogen-bond acceptors (Lipinski definition) is 6. The molecule has 236 valence electrons. The highest BCUT2D eigenvalue weighted by molar-refractivity contribution is 9.12. The third-order valence-corrected chi connectivity index (χ3v) is 12.9. The van der Waals surface area contributed by atoms with Crippen LogP contribution in [-0.2, 0) is 14.3 Å². The van der Waals surface area contributed by atoms with E-state index in [9.17, 15) is 19.2 Å². The molecule has 7 nitrogen and oxygen atoms in total. The Kier molecular flexibility index (Phi) is 9.48. The van der Waals surface area contributed by atoms with E-state index in [4.69, 9.17) is 32.9 Å². The number of halogens is 5. The van der Waals surface area contributed by atoms with Crippen molar-refractivity contribution < 1.29 is 23.9 Å². The average molecular weight is 852 g/mol. The lowest BCUT2D eigenvalue weighted by Crippen LogP contribution is -2.34. The SMILES string of the molecule is Cc1c(Cl)c(Br)cc2c(C(=O)OC(C)C(=O)c3ccc(Cl)cc3)cc(-c3ccc(N4C(=O)C5CC(Br)C(Br)CC5C4=O)cc3)nc12. The summed E-state index contributed by atoms with van der Waals surface area (Å²) in [6.07, 6.45) is 0.0960. The van der Waals surface area contributed by atoms with Crippen LogP contribution in [0, 0.1) is 18.8 Å². The molecule has 0 radical (unpaired) electrons. The van der Waals surface area contributed by atoms with Crippen molar-refractivity contribution in [1.29, 1.82) is 0 Å². The predicted octanol–water partition coefficient (Wildman–Crippen LogP) is 9.13. The van der Waals surface area contributed by atoms with Crippen LogP contribution in [0.15, 0.2) is 65.1 Å². The zero-order chi connectivity index (χ0) is 33.0. The summed E-state index contributed by atoms with van der Waals surface area (Å²) in [7, 11) is 0. The summed E-state index contributed by atoms with van der Waals surface area (Å²) >= 11 is 23.2. The van der Waals surface area contributed by atoms with Crippen LogP contribution in [0.5, 0.6) is 0 Å². The molecule has 1 aromatic heterocycles. The number of imide groups is 1. The lowest BCUT2D eigenvalue weighted by atomic mass is 9.81. The second-order valence-corrected chi connectivity index (χ2v) is 15.5. The van der Waals surface area contributed by atoms with Crippen LogP contribution in [0.1, 0.15) is 46.0 Å². The van der Waals surface area contributed by atoms with Crippen LogP contribution in [0.2, 0.25) is 10.0 Å². The molecule has 0 bridgehead atoms. The van der Waals surface area contributed by atoms with E-state index in [-0.39, 0.29) is 44.7 Å². The van der Waals surface area contributed by atoms with Gasteiger partial charge >= 0.3 is 5.97 Å². The van der Waals surface area contributed by atoms with Gasteiger partial charge in [0.15, 0.2) is 6.10 Å². The van der Waals surface area contributed by atoms with E-state index in [2.05, 4.69) is 47.8 Å². The standard InChI is InChI=1S/C34H25Br3Cl2N2O5/c1-15-29(39)27(37)11-21-24(34(45)46-16(2)31(42)18-3-7-19(38)8-4-18)14-28(40-30(15)21)17-5-9-20(10-6-17)41-32(43)22-12-25(35)26(36)13-23(22)33(41)44/h3-11,14,16,22-23,25-26H,12-13H2,1-2H3. The average Bonchev–Trinajstić information content (AvgIpc) is 3.27. The molecule has 3 aromatic carbocycles. The number of pyridine rings is 1. The fourth-order valence-corrected chi connectivity index (χ4v) is 8.07. The number of aryl methyl sites for hydroxylation is 1. The van der Waals surface area contributed by atoms with E-state index < -0.39 is 12.1 Å². The normalized spacial score (nSPS) is 21.8. The molecular weight excluding hydrogens is 827 g/mol. The fourth-order valence-electron chi connectivity index (χ4n) is 6.03. The Hall–Kier alpha value is -2.63. The van der Waals surface area contributed by atoms with Gasteiger partial charge in [-0.3, -0.25) is 19.3 Å². The molecule has 1 aliphatic carbocycles. The maximum atomic E-state index is 13.7. The third-order valence-electron chi connectivity index (χ3n) is 8.56. The van der Waals surface area contributed by atoms with E-state index in [1.807, 2.05) is 0 Å². The van der Waals surface area contributed by atoms with Crippen LogP contribution in [0.3, 0.4) is 0 Å². The third kappa shape index (κ3) is 6.07. The summed E-state index contributed by atoms with van der Waals surface area (Å²) in [4.78, 5) is 59.7. The van der Waals surface area contributed by atoms with Crippen LogP contribution >= 0.6 is 71.0 Å². The number of carbonyl (C=O) groups is 4. The van der Waals surface area contributed by atoms with Crippen molar-refractivity contribution in [2.75, 3.05) is 4.90 Å². The molecule has 4 aromatic rings. The lowest BCUT2D eigenvalue weighted by molar-refractivity contribution is -0.122. The van der Waals surface area contributed by atoms with Crippen molar-refractivity contribution in [3.05, 3.63) is 91.9 Å². The van der Waals surface area contributed by atoms with Crippen molar-refractivity contribution in [1.82, 2.24) is 4.98 Å². The first-order chi connectivity index (χ1) is 21.8. The van der Waals surface area contributed by atoms with Gasteiger partial charge in [-0.25, -0.2) is 9.78 Å². The van der Waals surface area contributed by atoms with Crippen molar-refractivity contribution in [3.63, 3.8) is 0 Å². The molecule has 12 heteroatoms. The summed E-state index contributed by atoms with van der Waals surface area (Å²) < 4.78 is 6.26. The molecule has 1 saturated carbocycles. The highest BCUT2D eigenvalue weighted by Crippen LogP contribution is 2.44. The highest BCUT2D eigenvalue weighted by atomic mass is 79.9. The van der Waals surface area contributed by atoms with Crippen LogP contribution < -0.4 is 4.90 Å². The highest BCUT2D eigenvalue weighted by Gasteiger charge is 2.52. The molecule has 5 unspecified atom stereocenters. The number of alkyl halides is 2. The molecule has 6 rings (SSSR count). The van der Waals surface area contributed by atoms with Gasteiger partial charge in [0.2, 0.25) is 17.6 Å². The monoisotopic (exact) mass is 848 g/mol. The Balaban J connectivity index is 1.34. The minimum absolute atomic E-state index is 0.115. The molecule has 1 saturated heterocycles. The van der Waals surface area contributed by atoms with Gasteiger partial charge in [0, 0.05) is 35.7 Å². The van der Waals surface area contributed by atoms with Gasteiger partial charge in [-0.15, -0.1) is 0 Å². The minimum Gasteiger partial charge on any atom is -0.451 e. The Morgan fingerprint density at radius 2 is 1.52 bits per heavy atom. The number of Topliss-reactive ketones (excluding diaryl/α,β-unsaturated/α-hetero) is 1. The number of ether oxygens (including phenoxy) is 1. The number of aromatic nitrogens is 1. The van der Waals surface area contributed by atoms with E-state index in [1.54, 1.807) is 67.6 Å². The number of carbonyl (C=O) groups excluding carboxylic acids is 4. The van der Waals surface area contributed by atoms with E-state index in [1.165, 1.54) is 11.8 Å². The molecule has 46 heavy (non-hydrogen) atoms. The number of nitrogens with zero attached hydrogens (tertiary/aromatic N) is 2. The van der Waals surface area contributed by atoms with Crippen molar-refractivity contribution >= 4 is 111 Å². The summed E-state index contributed by atoms with van der Waals surface area (Å²) in [6.45, 7) is 3.32. The van der Waals surface area contributed by atoms with Crippen LogP contribution in [-0.4, -0.2) is 44.3 Å². The van der Waals surface area contributed by atoms with E-state index in [0.717, 1.165) is 0 Å². The van der Waals surface area contributed by atoms with Gasteiger partial charge in [-0.05, 0) is 96.7 Å². The zero-order valence-corrected chi connectivity index (χ0v) is 30.7. The Bertz CT molecular complexity index is 1890.